The highest BCUT2D eigenvalue weighted by atomic mass is 16.1. The van der Waals surface area contributed by atoms with Gasteiger partial charge in [-0.05, 0) is 43.2 Å². The molecule has 0 unspecified atom stereocenters. The maximum Gasteiger partial charge on any atom is 0.268 e. The van der Waals surface area contributed by atoms with E-state index in [9.17, 15) is 4.79 Å². The lowest BCUT2D eigenvalue weighted by molar-refractivity contribution is 0.647. The molecule has 4 nitrogen and oxygen atoms in total. The van der Waals surface area contributed by atoms with Crippen molar-refractivity contribution in [2.24, 2.45) is 0 Å². The van der Waals surface area contributed by atoms with E-state index < -0.39 is 0 Å². The minimum absolute atomic E-state index is 0.190. The summed E-state index contributed by atoms with van der Waals surface area (Å²) < 4.78 is 1.64. The molecule has 2 rings (SSSR count). The fourth-order valence-corrected chi connectivity index (χ4v) is 1.82. The molecule has 2 aromatic rings. The molecule has 2 heterocycles. The molecule has 0 aliphatic carbocycles. The molecule has 0 spiro atoms. The molecule has 90 valence electrons. The van der Waals surface area contributed by atoms with Crippen LogP contribution in [-0.2, 0) is 13.0 Å². The van der Waals surface area contributed by atoms with Crippen molar-refractivity contribution >= 4 is 0 Å². The van der Waals surface area contributed by atoms with Gasteiger partial charge >= 0.3 is 0 Å². The van der Waals surface area contributed by atoms with Crippen molar-refractivity contribution in [1.29, 1.82) is 5.26 Å². The lowest BCUT2D eigenvalue weighted by Crippen LogP contribution is -2.25. The second-order valence-electron chi connectivity index (χ2n) is 4.06. The van der Waals surface area contributed by atoms with Crippen LogP contribution < -0.4 is 5.56 Å². The zero-order chi connectivity index (χ0) is 13.0. The molecule has 0 atom stereocenters. The lowest BCUT2D eigenvalue weighted by Gasteiger charge is -2.09. The molecule has 18 heavy (non-hydrogen) atoms. The fraction of sp³-hybridized carbons (Fsp3) is 0.214. The van der Waals surface area contributed by atoms with Crippen LogP contribution in [0.5, 0.6) is 0 Å². The molecule has 0 bridgehead atoms. The van der Waals surface area contributed by atoms with Crippen molar-refractivity contribution in [3.8, 4) is 6.07 Å². The fourth-order valence-electron chi connectivity index (χ4n) is 1.82. The molecule has 0 aliphatic rings. The van der Waals surface area contributed by atoms with Crippen LogP contribution in [0.25, 0.3) is 0 Å². The molecule has 0 aliphatic heterocycles. The Labute approximate surface area is 105 Å². The van der Waals surface area contributed by atoms with Gasteiger partial charge in [0, 0.05) is 24.6 Å². The van der Waals surface area contributed by atoms with Crippen LogP contribution in [0.1, 0.15) is 16.8 Å². The molecule has 2 aromatic heterocycles. The number of aromatic nitrogens is 2. The Balaban J connectivity index is 2.25. The Hall–Kier alpha value is -2.41. The van der Waals surface area contributed by atoms with E-state index in [1.54, 1.807) is 29.1 Å². The van der Waals surface area contributed by atoms with E-state index in [-0.39, 0.29) is 11.1 Å². The highest BCUT2D eigenvalue weighted by Gasteiger charge is 2.05. The molecule has 0 N–H and O–H groups in total. The van der Waals surface area contributed by atoms with Gasteiger partial charge in [-0.2, -0.15) is 5.26 Å². The van der Waals surface area contributed by atoms with Crippen molar-refractivity contribution in [3.63, 3.8) is 0 Å². The number of nitriles is 1. The molecule has 0 saturated heterocycles. The quantitative estimate of drug-likeness (QED) is 0.818. The first-order valence-electron chi connectivity index (χ1n) is 5.72. The van der Waals surface area contributed by atoms with Gasteiger partial charge in [0.1, 0.15) is 11.6 Å². The number of hydrogen-bond donors (Lipinski definition) is 0. The summed E-state index contributed by atoms with van der Waals surface area (Å²) in [5, 5.41) is 8.85. The van der Waals surface area contributed by atoms with Crippen molar-refractivity contribution in [1.82, 2.24) is 9.55 Å². The van der Waals surface area contributed by atoms with E-state index in [0.29, 0.717) is 6.54 Å². The van der Waals surface area contributed by atoms with Crippen LogP contribution >= 0.6 is 0 Å². The predicted octanol–water partition coefficient (Wildman–Crippen LogP) is 1.67. The van der Waals surface area contributed by atoms with Gasteiger partial charge in [-0.3, -0.25) is 9.78 Å². The second kappa shape index (κ2) is 5.28. The molecule has 0 fully saturated rings. The van der Waals surface area contributed by atoms with Gasteiger partial charge in [-0.1, -0.05) is 0 Å². The van der Waals surface area contributed by atoms with Gasteiger partial charge in [0.25, 0.3) is 5.56 Å². The van der Waals surface area contributed by atoms with Crippen molar-refractivity contribution in [3.05, 3.63) is 63.8 Å². The third-order valence-corrected chi connectivity index (χ3v) is 2.89. The Morgan fingerprint density at radius 2 is 2.00 bits per heavy atom. The van der Waals surface area contributed by atoms with E-state index in [1.807, 2.05) is 25.1 Å². The van der Waals surface area contributed by atoms with Crippen LogP contribution in [0.4, 0.5) is 0 Å². The zero-order valence-corrected chi connectivity index (χ0v) is 10.1. The number of nitrogens with zero attached hydrogens (tertiary/aromatic N) is 3. The van der Waals surface area contributed by atoms with Gasteiger partial charge in [0.15, 0.2) is 0 Å². The molecule has 4 heteroatoms. The van der Waals surface area contributed by atoms with Gasteiger partial charge in [-0.25, -0.2) is 0 Å². The topological polar surface area (TPSA) is 58.7 Å². The number of aryl methyl sites for hydroxylation is 2. The van der Waals surface area contributed by atoms with Gasteiger partial charge < -0.3 is 4.57 Å². The first kappa shape index (κ1) is 12.1. The summed E-state index contributed by atoms with van der Waals surface area (Å²) in [4.78, 5) is 15.9. The highest BCUT2D eigenvalue weighted by Crippen LogP contribution is 2.02. The minimum Gasteiger partial charge on any atom is -0.311 e. The van der Waals surface area contributed by atoms with Crippen LogP contribution in [0.2, 0.25) is 0 Å². The van der Waals surface area contributed by atoms with Crippen LogP contribution in [-0.4, -0.2) is 9.55 Å². The van der Waals surface area contributed by atoms with E-state index in [0.717, 1.165) is 17.7 Å². The van der Waals surface area contributed by atoms with Gasteiger partial charge in [-0.15, -0.1) is 0 Å². The summed E-state index contributed by atoms with van der Waals surface area (Å²) >= 11 is 0. The average molecular weight is 239 g/mol. The molecule has 0 amide bonds. The molecule has 0 aromatic carbocycles. The van der Waals surface area contributed by atoms with Crippen LogP contribution in [0, 0.1) is 18.3 Å². The molecular weight excluding hydrogens is 226 g/mol. The highest BCUT2D eigenvalue weighted by molar-refractivity contribution is 5.27. The monoisotopic (exact) mass is 239 g/mol. The average Bonchev–Trinajstić information content (AvgIpc) is 2.40. The largest absolute Gasteiger partial charge is 0.311 e. The second-order valence-corrected chi connectivity index (χ2v) is 4.06. The van der Waals surface area contributed by atoms with Crippen molar-refractivity contribution in [2.45, 2.75) is 19.9 Å². The Kier molecular flexibility index (Phi) is 3.54. The van der Waals surface area contributed by atoms with Gasteiger partial charge in [0.2, 0.25) is 0 Å². The normalized spacial score (nSPS) is 10.0. The van der Waals surface area contributed by atoms with E-state index >= 15 is 0 Å². The molecule has 0 radical (unpaired) electrons. The van der Waals surface area contributed by atoms with E-state index in [4.69, 9.17) is 5.26 Å². The van der Waals surface area contributed by atoms with Gasteiger partial charge in [0.05, 0.1) is 0 Å². The third kappa shape index (κ3) is 2.46. The Morgan fingerprint density at radius 3 is 2.67 bits per heavy atom. The number of pyridine rings is 2. The zero-order valence-electron chi connectivity index (χ0n) is 10.1. The van der Waals surface area contributed by atoms with Crippen molar-refractivity contribution in [2.75, 3.05) is 0 Å². The Morgan fingerprint density at radius 1 is 1.28 bits per heavy atom. The van der Waals surface area contributed by atoms with Crippen LogP contribution in [0.15, 0.2) is 41.5 Å². The van der Waals surface area contributed by atoms with E-state index in [2.05, 4.69) is 4.98 Å². The van der Waals surface area contributed by atoms with Crippen LogP contribution in [0.3, 0.4) is 0 Å². The maximum absolute atomic E-state index is 12.0. The molecule has 0 saturated carbocycles. The summed E-state index contributed by atoms with van der Waals surface area (Å²) in [5.41, 5.74) is 1.97. The summed E-state index contributed by atoms with van der Waals surface area (Å²) in [7, 11) is 0. The smallest absolute Gasteiger partial charge is 0.268 e. The lowest BCUT2D eigenvalue weighted by atomic mass is 10.2. The minimum atomic E-state index is -0.216. The molecular formula is C14H13N3O. The van der Waals surface area contributed by atoms with E-state index in [1.165, 1.54) is 0 Å². The Bertz CT molecular complexity index is 638. The van der Waals surface area contributed by atoms with Crippen molar-refractivity contribution < 1.29 is 0 Å². The summed E-state index contributed by atoms with van der Waals surface area (Å²) in [5.74, 6) is 0. The standard InChI is InChI=1S/C14H13N3O/c1-11-2-3-13(10-15)14(18)17(11)9-6-12-4-7-16-8-5-12/h2-5,7-8H,6,9H2,1H3. The summed E-state index contributed by atoms with van der Waals surface area (Å²) in [6, 6.07) is 9.14. The first-order valence-corrected chi connectivity index (χ1v) is 5.72. The number of hydrogen-bond acceptors (Lipinski definition) is 3. The summed E-state index contributed by atoms with van der Waals surface area (Å²) in [6.07, 6.45) is 4.21. The maximum atomic E-state index is 12.0. The summed E-state index contributed by atoms with van der Waals surface area (Å²) in [6.45, 7) is 2.44. The predicted molar refractivity (Wildman–Crippen MR) is 68.1 cm³/mol. The number of rotatable bonds is 3. The first-order chi connectivity index (χ1) is 8.72. The third-order valence-electron chi connectivity index (χ3n) is 2.89. The SMILES string of the molecule is Cc1ccc(C#N)c(=O)n1CCc1ccncc1.